The van der Waals surface area contributed by atoms with Crippen LogP contribution in [0.4, 0.5) is 0 Å². The molecule has 0 aliphatic rings. The average molecular weight is 255 g/mol. The Hall–Kier alpha value is 0.450. The van der Waals surface area contributed by atoms with Crippen LogP contribution in [0.5, 0.6) is 0 Å². The van der Waals surface area contributed by atoms with Gasteiger partial charge in [0, 0.05) is 16.6 Å². The standard InChI is InChI=1S/C6H9Br2N/c7-5-6(8)3-1-2-4-9/h6H,1-3,5H2. The molecule has 0 saturated heterocycles. The molecule has 3 heteroatoms. The normalized spacial score (nSPS) is 12.6. The van der Waals surface area contributed by atoms with Crippen LogP contribution < -0.4 is 0 Å². The van der Waals surface area contributed by atoms with Crippen molar-refractivity contribution < 1.29 is 0 Å². The van der Waals surface area contributed by atoms with E-state index in [-0.39, 0.29) is 0 Å². The van der Waals surface area contributed by atoms with Gasteiger partial charge in [-0.2, -0.15) is 5.26 Å². The van der Waals surface area contributed by atoms with Crippen molar-refractivity contribution in [2.75, 3.05) is 5.33 Å². The maximum Gasteiger partial charge on any atom is 0.0621 e. The molecule has 0 aliphatic heterocycles. The summed E-state index contributed by atoms with van der Waals surface area (Å²) in [5, 5.41) is 9.15. The fourth-order valence-electron chi connectivity index (χ4n) is 0.480. The second-order valence-electron chi connectivity index (χ2n) is 1.80. The minimum Gasteiger partial charge on any atom is -0.198 e. The molecule has 0 amide bonds. The minimum atomic E-state index is 0.533. The summed E-state index contributed by atoms with van der Waals surface area (Å²) in [7, 11) is 0. The van der Waals surface area contributed by atoms with Gasteiger partial charge in [0.05, 0.1) is 6.07 Å². The van der Waals surface area contributed by atoms with E-state index in [1.807, 2.05) is 0 Å². The van der Waals surface area contributed by atoms with Crippen molar-refractivity contribution in [1.82, 2.24) is 0 Å². The van der Waals surface area contributed by atoms with Crippen molar-refractivity contribution in [2.24, 2.45) is 0 Å². The topological polar surface area (TPSA) is 23.8 Å². The first-order chi connectivity index (χ1) is 4.31. The van der Waals surface area contributed by atoms with E-state index in [0.717, 1.165) is 18.2 Å². The molecule has 9 heavy (non-hydrogen) atoms. The largest absolute Gasteiger partial charge is 0.198 e. The molecule has 52 valence electrons. The number of hydrogen-bond donors (Lipinski definition) is 0. The van der Waals surface area contributed by atoms with Crippen molar-refractivity contribution in [3.05, 3.63) is 0 Å². The van der Waals surface area contributed by atoms with E-state index >= 15 is 0 Å². The Morgan fingerprint density at radius 1 is 1.56 bits per heavy atom. The SMILES string of the molecule is N#CCCCC(Br)CBr. The molecular weight excluding hydrogens is 246 g/mol. The summed E-state index contributed by atoms with van der Waals surface area (Å²) in [5.41, 5.74) is 0. The summed E-state index contributed by atoms with van der Waals surface area (Å²) >= 11 is 6.79. The van der Waals surface area contributed by atoms with Crippen LogP contribution in [0.1, 0.15) is 19.3 Å². The first kappa shape index (κ1) is 9.45. The third-order valence-corrected chi connectivity index (χ3v) is 3.41. The van der Waals surface area contributed by atoms with Crippen molar-refractivity contribution >= 4 is 31.9 Å². The highest BCUT2D eigenvalue weighted by Crippen LogP contribution is 2.11. The molecule has 0 aromatic carbocycles. The zero-order chi connectivity index (χ0) is 7.11. The third-order valence-electron chi connectivity index (χ3n) is 0.973. The van der Waals surface area contributed by atoms with Gasteiger partial charge in [-0.25, -0.2) is 0 Å². The van der Waals surface area contributed by atoms with Crippen LogP contribution in [0.3, 0.4) is 0 Å². The van der Waals surface area contributed by atoms with E-state index in [4.69, 9.17) is 5.26 Å². The van der Waals surface area contributed by atoms with Crippen LogP contribution in [0.2, 0.25) is 0 Å². The highest BCUT2D eigenvalue weighted by Gasteiger charge is 1.99. The van der Waals surface area contributed by atoms with Crippen LogP contribution >= 0.6 is 31.9 Å². The van der Waals surface area contributed by atoms with Gasteiger partial charge in [-0.1, -0.05) is 31.9 Å². The van der Waals surface area contributed by atoms with E-state index < -0.39 is 0 Å². The van der Waals surface area contributed by atoms with Crippen LogP contribution in [-0.2, 0) is 0 Å². The van der Waals surface area contributed by atoms with E-state index in [1.165, 1.54) is 0 Å². The predicted octanol–water partition coefficient (Wildman–Crippen LogP) is 2.84. The summed E-state index contributed by atoms with van der Waals surface area (Å²) in [5.74, 6) is 0. The zero-order valence-corrected chi connectivity index (χ0v) is 8.28. The third kappa shape index (κ3) is 6.33. The Morgan fingerprint density at radius 3 is 2.67 bits per heavy atom. The summed E-state index contributed by atoms with van der Waals surface area (Å²) < 4.78 is 0. The Labute approximate surface area is 72.7 Å². The molecule has 0 aromatic heterocycles. The fraction of sp³-hybridized carbons (Fsp3) is 0.833. The first-order valence-electron chi connectivity index (χ1n) is 2.88. The van der Waals surface area contributed by atoms with Gasteiger partial charge in [-0.05, 0) is 12.8 Å². The van der Waals surface area contributed by atoms with Gasteiger partial charge in [0.2, 0.25) is 0 Å². The van der Waals surface area contributed by atoms with Crippen molar-refractivity contribution in [2.45, 2.75) is 24.1 Å². The second kappa shape index (κ2) is 6.57. The van der Waals surface area contributed by atoms with Crippen LogP contribution in [0.25, 0.3) is 0 Å². The van der Waals surface area contributed by atoms with Crippen molar-refractivity contribution in [3.63, 3.8) is 0 Å². The Morgan fingerprint density at radius 2 is 2.22 bits per heavy atom. The number of unbranched alkanes of at least 4 members (excludes halogenated alkanes) is 1. The molecule has 0 spiro atoms. The van der Waals surface area contributed by atoms with Gasteiger partial charge >= 0.3 is 0 Å². The van der Waals surface area contributed by atoms with E-state index in [9.17, 15) is 0 Å². The summed E-state index contributed by atoms with van der Waals surface area (Å²) in [6.45, 7) is 0. The highest BCUT2D eigenvalue weighted by molar-refractivity contribution is 9.12. The molecule has 0 N–H and O–H groups in total. The highest BCUT2D eigenvalue weighted by atomic mass is 79.9. The van der Waals surface area contributed by atoms with Gasteiger partial charge in [0.15, 0.2) is 0 Å². The van der Waals surface area contributed by atoms with E-state index in [1.54, 1.807) is 0 Å². The van der Waals surface area contributed by atoms with Crippen molar-refractivity contribution in [3.8, 4) is 6.07 Å². The lowest BCUT2D eigenvalue weighted by molar-refractivity contribution is 0.761. The molecule has 0 saturated carbocycles. The Balaban J connectivity index is 2.99. The van der Waals surface area contributed by atoms with Gasteiger partial charge in [-0.3, -0.25) is 0 Å². The smallest absolute Gasteiger partial charge is 0.0621 e. The number of nitriles is 1. The molecule has 0 radical (unpaired) electrons. The summed E-state index contributed by atoms with van der Waals surface area (Å²) in [4.78, 5) is 0.533. The van der Waals surface area contributed by atoms with Gasteiger partial charge in [0.1, 0.15) is 0 Å². The molecule has 1 unspecified atom stereocenters. The number of alkyl halides is 2. The lowest BCUT2D eigenvalue weighted by Crippen LogP contribution is -1.97. The zero-order valence-electron chi connectivity index (χ0n) is 5.11. The number of nitrogens with zero attached hydrogens (tertiary/aromatic N) is 1. The molecule has 0 fully saturated rings. The summed E-state index contributed by atoms with van der Waals surface area (Å²) in [6, 6.07) is 2.11. The molecule has 1 atom stereocenters. The Bertz CT molecular complexity index is 97.7. The van der Waals surface area contributed by atoms with E-state index in [0.29, 0.717) is 11.2 Å². The van der Waals surface area contributed by atoms with Gasteiger partial charge in [0.25, 0.3) is 0 Å². The monoisotopic (exact) mass is 253 g/mol. The lowest BCUT2D eigenvalue weighted by atomic mass is 10.2. The minimum absolute atomic E-state index is 0.533. The van der Waals surface area contributed by atoms with Crippen molar-refractivity contribution in [1.29, 1.82) is 5.26 Å². The van der Waals surface area contributed by atoms with Crippen LogP contribution in [0, 0.1) is 11.3 Å². The first-order valence-corrected chi connectivity index (χ1v) is 4.92. The van der Waals surface area contributed by atoms with Crippen LogP contribution in [0.15, 0.2) is 0 Å². The molecule has 1 nitrogen and oxygen atoms in total. The number of hydrogen-bond acceptors (Lipinski definition) is 1. The van der Waals surface area contributed by atoms with E-state index in [2.05, 4.69) is 37.9 Å². The molecule has 0 rings (SSSR count). The van der Waals surface area contributed by atoms with Gasteiger partial charge < -0.3 is 0 Å². The number of halogens is 2. The molecule has 0 heterocycles. The summed E-state index contributed by atoms with van der Waals surface area (Å²) in [6.07, 6.45) is 2.76. The Kier molecular flexibility index (Phi) is 6.90. The lowest BCUT2D eigenvalue weighted by Gasteiger charge is -2.00. The quantitative estimate of drug-likeness (QED) is 0.559. The average Bonchev–Trinajstić information content (AvgIpc) is 1.89. The predicted molar refractivity (Wildman–Crippen MR) is 46.0 cm³/mol. The maximum absolute atomic E-state index is 8.17. The number of rotatable bonds is 4. The second-order valence-corrected chi connectivity index (χ2v) is 3.74. The molecular formula is C6H9Br2N. The fourth-order valence-corrected chi connectivity index (χ4v) is 1.13. The maximum atomic E-state index is 8.17. The van der Waals surface area contributed by atoms with Gasteiger partial charge in [-0.15, -0.1) is 0 Å². The van der Waals surface area contributed by atoms with Crippen LogP contribution in [-0.4, -0.2) is 10.2 Å². The molecule has 0 aliphatic carbocycles. The molecule has 0 aromatic rings. The molecule has 0 bridgehead atoms.